The van der Waals surface area contributed by atoms with Crippen LogP contribution in [-0.2, 0) is 37.3 Å². The van der Waals surface area contributed by atoms with Crippen LogP contribution in [0, 0.1) is 12.8 Å². The normalized spacial score (nSPS) is 19.2. The Balaban J connectivity index is 1.19. The minimum absolute atomic E-state index is 0.0594. The van der Waals surface area contributed by atoms with Crippen LogP contribution in [0.15, 0.2) is 137 Å². The Morgan fingerprint density at radius 3 is 2.07 bits per heavy atom. The predicted molar refractivity (Wildman–Crippen MR) is 208 cm³/mol. The van der Waals surface area contributed by atoms with Gasteiger partial charge >= 0.3 is 5.97 Å². The number of aliphatic hydroxyl groups excluding tert-OH is 1. The molecule has 1 saturated heterocycles. The molecular weight excluding hydrogens is 725 g/mol. The van der Waals surface area contributed by atoms with Crippen molar-refractivity contribution in [2.75, 3.05) is 11.1 Å². The molecule has 54 heavy (non-hydrogen) atoms. The Morgan fingerprint density at radius 2 is 1.44 bits per heavy atom. The van der Waals surface area contributed by atoms with E-state index < -0.39 is 34.2 Å². The Kier molecular flexibility index (Phi) is 12.6. The summed E-state index contributed by atoms with van der Waals surface area (Å²) in [6, 6.07) is 36.0. The van der Waals surface area contributed by atoms with E-state index in [1.807, 2.05) is 61.5 Å². The van der Waals surface area contributed by atoms with E-state index in [2.05, 4.69) is 17.0 Å². The van der Waals surface area contributed by atoms with E-state index in [1.54, 1.807) is 72.4 Å². The summed E-state index contributed by atoms with van der Waals surface area (Å²) in [6.45, 7) is 3.87. The SMILES string of the molecule is Cc1ccc(S(=O)(=O)NC(Cc2ccccc2)C(=O)Nc2ccc(C3OC(CSc4ccc(C(=O)O)cc4)C(C)C(c4ccc(CO)cc4)O3)cc2)cc1. The van der Waals surface area contributed by atoms with Crippen LogP contribution in [0.3, 0.4) is 0 Å². The van der Waals surface area contributed by atoms with Crippen LogP contribution in [0.25, 0.3) is 0 Å². The summed E-state index contributed by atoms with van der Waals surface area (Å²) in [4.78, 5) is 26.0. The number of benzene rings is 5. The average Bonchev–Trinajstić information content (AvgIpc) is 3.18. The molecule has 1 fully saturated rings. The number of aryl methyl sites for hydroxylation is 1. The fourth-order valence-electron chi connectivity index (χ4n) is 6.15. The molecule has 0 aliphatic carbocycles. The Hall–Kier alpha value is -4.82. The highest BCUT2D eigenvalue weighted by Gasteiger charge is 2.38. The number of aromatic carboxylic acids is 1. The second-order valence-electron chi connectivity index (χ2n) is 13.3. The van der Waals surface area contributed by atoms with Crippen molar-refractivity contribution in [3.63, 3.8) is 0 Å². The number of carboxylic acids is 1. The van der Waals surface area contributed by atoms with Gasteiger partial charge in [0.25, 0.3) is 0 Å². The summed E-state index contributed by atoms with van der Waals surface area (Å²) >= 11 is 1.56. The molecule has 5 aromatic rings. The first kappa shape index (κ1) is 38.9. The van der Waals surface area contributed by atoms with Gasteiger partial charge in [-0.25, -0.2) is 13.2 Å². The maximum atomic E-state index is 13.7. The van der Waals surface area contributed by atoms with Crippen molar-refractivity contribution in [1.82, 2.24) is 4.72 Å². The molecule has 0 bridgehead atoms. The minimum Gasteiger partial charge on any atom is -0.478 e. The third-order valence-electron chi connectivity index (χ3n) is 9.32. The van der Waals surface area contributed by atoms with Crippen molar-refractivity contribution >= 4 is 39.3 Å². The average molecular weight is 767 g/mol. The predicted octanol–water partition coefficient (Wildman–Crippen LogP) is 7.30. The van der Waals surface area contributed by atoms with Crippen LogP contribution >= 0.6 is 11.8 Å². The zero-order valence-corrected chi connectivity index (χ0v) is 31.4. The zero-order valence-electron chi connectivity index (χ0n) is 29.8. The highest BCUT2D eigenvalue weighted by atomic mass is 32.2. The number of hydrogen-bond donors (Lipinski definition) is 4. The van der Waals surface area contributed by atoms with E-state index in [4.69, 9.17) is 9.47 Å². The summed E-state index contributed by atoms with van der Waals surface area (Å²) in [6.07, 6.45) is -1.20. The standard InChI is InChI=1S/C42H42N2O8S2/c1-27-8-22-36(23-9-27)54(49,50)44-37(24-29-6-4-3-5-7-29)40(46)43-34-18-14-33(15-19-34)42-51-38(26-53-35-20-16-32(17-21-35)41(47)48)28(2)39(52-42)31-12-10-30(25-45)11-13-31/h3-23,28,37-39,42,44-45H,24-26H2,1-2H3,(H,43,46)(H,47,48). The lowest BCUT2D eigenvalue weighted by Gasteiger charge is -2.41. The first-order valence-corrected chi connectivity index (χ1v) is 20.0. The molecule has 0 saturated carbocycles. The second-order valence-corrected chi connectivity index (χ2v) is 16.1. The van der Waals surface area contributed by atoms with Crippen molar-refractivity contribution in [2.45, 2.75) is 61.2 Å². The molecule has 1 aliphatic heterocycles. The molecule has 12 heteroatoms. The van der Waals surface area contributed by atoms with Gasteiger partial charge in [0.15, 0.2) is 6.29 Å². The number of amides is 1. The zero-order chi connectivity index (χ0) is 38.2. The number of carbonyl (C=O) groups is 2. The largest absolute Gasteiger partial charge is 0.478 e. The van der Waals surface area contributed by atoms with Gasteiger partial charge in [0, 0.05) is 27.8 Å². The lowest BCUT2D eigenvalue weighted by Crippen LogP contribution is -2.45. The molecule has 0 spiro atoms. The first-order valence-electron chi connectivity index (χ1n) is 17.5. The number of rotatable bonds is 14. The molecule has 280 valence electrons. The van der Waals surface area contributed by atoms with Gasteiger partial charge in [0.2, 0.25) is 15.9 Å². The van der Waals surface area contributed by atoms with E-state index in [0.29, 0.717) is 11.4 Å². The van der Waals surface area contributed by atoms with E-state index in [0.717, 1.165) is 32.7 Å². The van der Waals surface area contributed by atoms with Crippen molar-refractivity contribution < 1.29 is 37.7 Å². The van der Waals surface area contributed by atoms with E-state index in [9.17, 15) is 28.2 Å². The number of ether oxygens (including phenoxy) is 2. The molecule has 6 rings (SSSR count). The minimum atomic E-state index is -4.01. The quantitative estimate of drug-likeness (QED) is 0.0854. The highest BCUT2D eigenvalue weighted by Crippen LogP contribution is 2.43. The third kappa shape index (κ3) is 9.83. The molecule has 5 unspecified atom stereocenters. The third-order valence-corrected chi connectivity index (χ3v) is 11.9. The van der Waals surface area contributed by atoms with Crippen molar-refractivity contribution in [3.05, 3.63) is 161 Å². The maximum absolute atomic E-state index is 13.7. The van der Waals surface area contributed by atoms with E-state index in [-0.39, 0.29) is 41.6 Å². The molecule has 4 N–H and O–H groups in total. The van der Waals surface area contributed by atoms with Gasteiger partial charge < -0.3 is 25.0 Å². The number of carbonyl (C=O) groups excluding carboxylic acids is 1. The van der Waals surface area contributed by atoms with Gasteiger partial charge in [0.1, 0.15) is 6.04 Å². The Labute approximate surface area is 319 Å². The molecule has 1 aliphatic rings. The second kappa shape index (κ2) is 17.5. The maximum Gasteiger partial charge on any atom is 0.335 e. The lowest BCUT2D eigenvalue weighted by atomic mass is 9.91. The Morgan fingerprint density at radius 1 is 0.796 bits per heavy atom. The molecule has 1 amide bonds. The fourth-order valence-corrected chi connectivity index (χ4v) is 8.41. The number of hydrogen-bond acceptors (Lipinski definition) is 8. The van der Waals surface area contributed by atoms with Crippen LogP contribution < -0.4 is 10.0 Å². The number of carboxylic acid groups (broad SMARTS) is 1. The number of thioether (sulfide) groups is 1. The van der Waals surface area contributed by atoms with Gasteiger partial charge in [-0.2, -0.15) is 4.72 Å². The van der Waals surface area contributed by atoms with E-state index >= 15 is 0 Å². The molecule has 5 aromatic carbocycles. The van der Waals surface area contributed by atoms with Crippen molar-refractivity contribution in [3.8, 4) is 0 Å². The summed E-state index contributed by atoms with van der Waals surface area (Å²) in [7, 11) is -4.01. The van der Waals surface area contributed by atoms with Crippen LogP contribution in [0.2, 0.25) is 0 Å². The Bertz CT molecular complexity index is 2130. The molecule has 0 radical (unpaired) electrons. The molecular formula is C42H42N2O8S2. The summed E-state index contributed by atoms with van der Waals surface area (Å²) in [5, 5.41) is 21.7. The molecule has 5 atom stereocenters. The van der Waals surface area contributed by atoms with Crippen LogP contribution in [0.4, 0.5) is 5.69 Å². The topological polar surface area (TPSA) is 151 Å². The van der Waals surface area contributed by atoms with Crippen molar-refractivity contribution in [1.29, 1.82) is 0 Å². The summed E-state index contributed by atoms with van der Waals surface area (Å²) in [5.41, 5.74) is 4.85. The van der Waals surface area contributed by atoms with Gasteiger partial charge in [-0.3, -0.25) is 4.79 Å². The fraction of sp³-hybridized carbons (Fsp3) is 0.238. The summed E-state index contributed by atoms with van der Waals surface area (Å²) in [5.74, 6) is -0.975. The first-order chi connectivity index (χ1) is 26.0. The highest BCUT2D eigenvalue weighted by molar-refractivity contribution is 7.99. The van der Waals surface area contributed by atoms with Gasteiger partial charge in [0.05, 0.1) is 29.3 Å². The molecule has 0 aromatic heterocycles. The number of nitrogens with one attached hydrogen (secondary N) is 2. The van der Waals surface area contributed by atoms with Crippen LogP contribution in [0.1, 0.15) is 57.5 Å². The molecule has 1 heterocycles. The monoisotopic (exact) mass is 766 g/mol. The van der Waals surface area contributed by atoms with Crippen LogP contribution in [-0.4, -0.2) is 48.4 Å². The number of sulfonamides is 1. The summed E-state index contributed by atoms with van der Waals surface area (Å²) < 4.78 is 42.4. The van der Waals surface area contributed by atoms with Crippen molar-refractivity contribution in [2.24, 2.45) is 5.92 Å². The smallest absolute Gasteiger partial charge is 0.335 e. The number of anilines is 1. The van der Waals surface area contributed by atoms with E-state index in [1.165, 1.54) is 12.1 Å². The van der Waals surface area contributed by atoms with Gasteiger partial charge in [-0.15, -0.1) is 11.8 Å². The molecule has 10 nitrogen and oxygen atoms in total. The van der Waals surface area contributed by atoms with Gasteiger partial charge in [-0.05, 0) is 78.6 Å². The van der Waals surface area contributed by atoms with Crippen LogP contribution in [0.5, 0.6) is 0 Å². The number of aliphatic hydroxyl groups is 1. The van der Waals surface area contributed by atoms with Gasteiger partial charge in [-0.1, -0.05) is 91.3 Å². The lowest BCUT2D eigenvalue weighted by molar-refractivity contribution is -0.268.